The number of primary amides is 1. The number of rotatable bonds is 7. The van der Waals surface area contributed by atoms with Gasteiger partial charge in [-0.25, -0.2) is 0 Å². The maximum atomic E-state index is 12.9. The second-order valence-corrected chi connectivity index (χ2v) is 7.83. The van der Waals surface area contributed by atoms with E-state index < -0.39 is 5.91 Å². The summed E-state index contributed by atoms with van der Waals surface area (Å²) in [6.07, 6.45) is 6.64. The molecule has 8 nitrogen and oxygen atoms in total. The smallest absolute Gasteiger partial charge is 0.252 e. The number of fused-ring (bicyclic) bond motifs is 2. The lowest BCUT2D eigenvalue weighted by Crippen LogP contribution is -2.16. The Kier molecular flexibility index (Phi) is 5.39. The number of hydrogen-bond acceptors (Lipinski definition) is 6. The minimum Gasteiger partial charge on any atom is -0.485 e. The number of Topliss-reactive ketones (excluding diaryl/α,β-unsaturated/α-hetero) is 1. The summed E-state index contributed by atoms with van der Waals surface area (Å²) in [5.74, 6) is 0.557. The molecular weight excluding hydrogens is 432 g/mol. The number of nitrogens with two attached hydrogens (primary N) is 1. The van der Waals surface area contributed by atoms with Crippen molar-refractivity contribution in [3.05, 3.63) is 90.0 Å². The first-order valence-electron chi connectivity index (χ1n) is 10.5. The van der Waals surface area contributed by atoms with Gasteiger partial charge in [-0.3, -0.25) is 19.6 Å². The molecule has 0 atom stereocenters. The molecule has 8 heteroatoms. The third-order valence-electron chi connectivity index (χ3n) is 5.37. The SMILES string of the molecule is Cc1cnc2cc(OCC(=O)c3c[nH]c4cc(Oc5cccnc5)ccc34)c(C(N)=O)cc2c1. The molecule has 168 valence electrons. The molecular formula is C26H20N4O4. The van der Waals surface area contributed by atoms with Crippen molar-refractivity contribution in [2.45, 2.75) is 6.92 Å². The van der Waals surface area contributed by atoms with Crippen LogP contribution in [0, 0.1) is 6.92 Å². The Morgan fingerprint density at radius 1 is 1.03 bits per heavy atom. The van der Waals surface area contributed by atoms with Crippen LogP contribution in [0.4, 0.5) is 0 Å². The molecule has 0 fully saturated rings. The van der Waals surface area contributed by atoms with E-state index in [2.05, 4.69) is 15.0 Å². The Balaban J connectivity index is 1.37. The summed E-state index contributed by atoms with van der Waals surface area (Å²) in [6, 6.07) is 14.2. The highest BCUT2D eigenvalue weighted by atomic mass is 16.5. The average Bonchev–Trinajstić information content (AvgIpc) is 3.26. The predicted octanol–water partition coefficient (Wildman–Crippen LogP) is 4.57. The van der Waals surface area contributed by atoms with Gasteiger partial charge in [0, 0.05) is 52.6 Å². The van der Waals surface area contributed by atoms with Gasteiger partial charge in [0.25, 0.3) is 5.91 Å². The second kappa shape index (κ2) is 8.67. The summed E-state index contributed by atoms with van der Waals surface area (Å²) < 4.78 is 11.5. The Bertz CT molecular complexity index is 1540. The molecule has 0 spiro atoms. The number of ketones is 1. The molecule has 3 heterocycles. The van der Waals surface area contributed by atoms with Crippen LogP contribution in [0.2, 0.25) is 0 Å². The van der Waals surface area contributed by atoms with Crippen LogP contribution in [0.15, 0.2) is 73.3 Å². The zero-order chi connectivity index (χ0) is 23.7. The van der Waals surface area contributed by atoms with Crippen LogP contribution in [-0.2, 0) is 0 Å². The van der Waals surface area contributed by atoms with Crippen molar-refractivity contribution in [3.8, 4) is 17.2 Å². The summed E-state index contributed by atoms with van der Waals surface area (Å²) in [6.45, 7) is 1.65. The van der Waals surface area contributed by atoms with Crippen LogP contribution in [0.25, 0.3) is 21.8 Å². The quantitative estimate of drug-likeness (QED) is 0.349. The van der Waals surface area contributed by atoms with E-state index >= 15 is 0 Å². The van der Waals surface area contributed by atoms with Gasteiger partial charge in [-0.1, -0.05) is 0 Å². The van der Waals surface area contributed by atoms with Gasteiger partial charge in [-0.15, -0.1) is 0 Å². The first-order valence-corrected chi connectivity index (χ1v) is 10.5. The standard InChI is InChI=1S/C26H20N4O4/c1-15-7-16-8-20(26(27)32)25(10-22(16)29-11-15)33-14-24(31)21-13-30-23-9-17(4-5-19(21)23)34-18-3-2-6-28-12-18/h2-13,30H,14H2,1H3,(H2,27,32). The van der Waals surface area contributed by atoms with Gasteiger partial charge in [-0.05, 0) is 48.9 Å². The predicted molar refractivity (Wildman–Crippen MR) is 127 cm³/mol. The fourth-order valence-electron chi connectivity index (χ4n) is 3.74. The third-order valence-corrected chi connectivity index (χ3v) is 5.37. The largest absolute Gasteiger partial charge is 0.485 e. The molecule has 0 aliphatic carbocycles. The average molecular weight is 452 g/mol. The van der Waals surface area contributed by atoms with Crippen LogP contribution in [0.3, 0.4) is 0 Å². The number of carbonyl (C=O) groups excluding carboxylic acids is 2. The molecule has 5 rings (SSSR count). The van der Waals surface area contributed by atoms with Gasteiger partial charge in [0.05, 0.1) is 17.3 Å². The fraction of sp³-hybridized carbons (Fsp3) is 0.0769. The first-order chi connectivity index (χ1) is 16.5. The number of aromatic nitrogens is 3. The molecule has 0 aliphatic heterocycles. The highest BCUT2D eigenvalue weighted by molar-refractivity contribution is 6.09. The molecule has 5 aromatic rings. The van der Waals surface area contributed by atoms with E-state index in [1.165, 1.54) is 0 Å². The summed E-state index contributed by atoms with van der Waals surface area (Å²) in [5.41, 5.74) is 8.56. The number of hydrogen-bond donors (Lipinski definition) is 2. The highest BCUT2D eigenvalue weighted by Gasteiger charge is 2.17. The summed E-state index contributed by atoms with van der Waals surface area (Å²) in [5, 5.41) is 1.51. The van der Waals surface area contributed by atoms with Gasteiger partial charge in [-0.2, -0.15) is 0 Å². The Labute approximate surface area is 194 Å². The number of H-pyrrole nitrogens is 1. The van der Waals surface area contributed by atoms with E-state index in [0.717, 1.165) is 21.9 Å². The van der Waals surface area contributed by atoms with Crippen LogP contribution in [0.1, 0.15) is 26.3 Å². The highest BCUT2D eigenvalue weighted by Crippen LogP contribution is 2.28. The third kappa shape index (κ3) is 4.16. The van der Waals surface area contributed by atoms with E-state index in [1.807, 2.05) is 31.2 Å². The Hall–Kier alpha value is -4.72. The van der Waals surface area contributed by atoms with Crippen molar-refractivity contribution in [2.24, 2.45) is 5.73 Å². The van der Waals surface area contributed by atoms with Crippen molar-refractivity contribution in [2.75, 3.05) is 6.61 Å². The molecule has 3 aromatic heterocycles. The molecule has 1 amide bonds. The van der Waals surface area contributed by atoms with Gasteiger partial charge < -0.3 is 20.2 Å². The number of carbonyl (C=O) groups is 2. The molecule has 0 radical (unpaired) electrons. The Morgan fingerprint density at radius 3 is 2.71 bits per heavy atom. The minimum absolute atomic E-state index is 0.198. The molecule has 0 unspecified atom stereocenters. The lowest BCUT2D eigenvalue weighted by Gasteiger charge is -2.11. The lowest BCUT2D eigenvalue weighted by molar-refractivity contribution is 0.0914. The van der Waals surface area contributed by atoms with Gasteiger partial charge >= 0.3 is 0 Å². The van der Waals surface area contributed by atoms with E-state index in [9.17, 15) is 9.59 Å². The van der Waals surface area contributed by atoms with Crippen molar-refractivity contribution in [1.82, 2.24) is 15.0 Å². The summed E-state index contributed by atoms with van der Waals surface area (Å²) in [7, 11) is 0. The van der Waals surface area contributed by atoms with Crippen LogP contribution >= 0.6 is 0 Å². The number of aryl methyl sites for hydroxylation is 1. The van der Waals surface area contributed by atoms with E-state index in [-0.39, 0.29) is 23.7 Å². The van der Waals surface area contributed by atoms with Crippen LogP contribution < -0.4 is 15.2 Å². The number of nitrogens with one attached hydrogen (secondary N) is 1. The zero-order valence-corrected chi connectivity index (χ0v) is 18.2. The molecule has 0 aliphatic rings. The summed E-state index contributed by atoms with van der Waals surface area (Å²) >= 11 is 0. The molecule has 34 heavy (non-hydrogen) atoms. The zero-order valence-electron chi connectivity index (χ0n) is 18.2. The number of pyridine rings is 2. The van der Waals surface area contributed by atoms with Crippen molar-refractivity contribution in [3.63, 3.8) is 0 Å². The normalized spacial score (nSPS) is 11.0. The molecule has 3 N–H and O–H groups in total. The lowest BCUT2D eigenvalue weighted by atomic mass is 10.1. The maximum Gasteiger partial charge on any atom is 0.252 e. The number of nitrogens with zero attached hydrogens (tertiary/aromatic N) is 2. The minimum atomic E-state index is -0.640. The Morgan fingerprint density at radius 2 is 1.91 bits per heavy atom. The summed E-state index contributed by atoms with van der Waals surface area (Å²) in [4.78, 5) is 36.4. The van der Waals surface area contributed by atoms with Gasteiger partial charge in [0.1, 0.15) is 17.2 Å². The first kappa shape index (κ1) is 21.1. The monoisotopic (exact) mass is 452 g/mol. The second-order valence-electron chi connectivity index (χ2n) is 7.83. The van der Waals surface area contributed by atoms with Gasteiger partial charge in [0.15, 0.2) is 6.61 Å². The van der Waals surface area contributed by atoms with Crippen LogP contribution in [0.5, 0.6) is 17.2 Å². The topological polar surface area (TPSA) is 120 Å². The fourth-order valence-corrected chi connectivity index (χ4v) is 3.74. The molecule has 2 aromatic carbocycles. The molecule has 0 saturated carbocycles. The van der Waals surface area contributed by atoms with E-state index in [4.69, 9.17) is 15.2 Å². The van der Waals surface area contributed by atoms with Gasteiger partial charge in [0.2, 0.25) is 5.78 Å². The maximum absolute atomic E-state index is 12.9. The van der Waals surface area contributed by atoms with Crippen molar-refractivity contribution in [1.29, 1.82) is 0 Å². The number of amides is 1. The number of aromatic amines is 1. The van der Waals surface area contributed by atoms with E-state index in [1.54, 1.807) is 49.1 Å². The molecule has 0 saturated heterocycles. The van der Waals surface area contributed by atoms with E-state index in [0.29, 0.717) is 22.6 Å². The number of benzene rings is 2. The number of ether oxygens (including phenoxy) is 2. The van der Waals surface area contributed by atoms with Crippen LogP contribution in [-0.4, -0.2) is 33.2 Å². The van der Waals surface area contributed by atoms with Crippen molar-refractivity contribution < 1.29 is 19.1 Å². The molecule has 0 bridgehead atoms. The van der Waals surface area contributed by atoms with Crippen molar-refractivity contribution >= 4 is 33.5 Å².